The highest BCUT2D eigenvalue weighted by Crippen LogP contribution is 2.22. The van der Waals surface area contributed by atoms with E-state index in [0.29, 0.717) is 18.7 Å². The number of hydrogen-bond acceptors (Lipinski definition) is 2. The number of aliphatic hydroxyl groups excluding tert-OH is 1. The molecule has 0 saturated carbocycles. The summed E-state index contributed by atoms with van der Waals surface area (Å²) in [5.41, 5.74) is 1.60. The zero-order chi connectivity index (χ0) is 15.2. The summed E-state index contributed by atoms with van der Waals surface area (Å²) in [4.78, 5) is 2.04. The van der Waals surface area contributed by atoms with Gasteiger partial charge in [-0.1, -0.05) is 55.5 Å². The van der Waals surface area contributed by atoms with Crippen molar-refractivity contribution in [2.45, 2.75) is 19.6 Å². The van der Waals surface area contributed by atoms with E-state index in [-0.39, 0.29) is 11.7 Å². The van der Waals surface area contributed by atoms with Crippen LogP contribution in [0.15, 0.2) is 54.6 Å². The van der Waals surface area contributed by atoms with Gasteiger partial charge >= 0.3 is 0 Å². The monoisotopic (exact) mass is 287 g/mol. The summed E-state index contributed by atoms with van der Waals surface area (Å²) < 4.78 is 13.6. The van der Waals surface area contributed by atoms with Gasteiger partial charge in [0.25, 0.3) is 0 Å². The quantitative estimate of drug-likeness (QED) is 0.877. The third-order valence-corrected chi connectivity index (χ3v) is 3.68. The summed E-state index contributed by atoms with van der Waals surface area (Å²) in [5.74, 6) is -0.107. The highest BCUT2D eigenvalue weighted by Gasteiger charge is 2.18. The maximum absolute atomic E-state index is 13.6. The fourth-order valence-corrected chi connectivity index (χ4v) is 2.55. The van der Waals surface area contributed by atoms with Crippen molar-refractivity contribution in [3.05, 3.63) is 71.5 Å². The zero-order valence-corrected chi connectivity index (χ0v) is 12.5. The summed E-state index contributed by atoms with van der Waals surface area (Å²) in [6.07, 6.45) is -0.505. The van der Waals surface area contributed by atoms with Gasteiger partial charge in [-0.3, -0.25) is 0 Å². The molecule has 0 radical (unpaired) electrons. The van der Waals surface area contributed by atoms with E-state index in [1.165, 1.54) is 6.07 Å². The first-order valence-electron chi connectivity index (χ1n) is 7.23. The van der Waals surface area contributed by atoms with Gasteiger partial charge in [-0.2, -0.15) is 0 Å². The van der Waals surface area contributed by atoms with E-state index in [0.717, 1.165) is 5.56 Å². The maximum atomic E-state index is 13.6. The number of nitrogens with zero attached hydrogens (tertiary/aromatic N) is 1. The molecule has 2 unspecified atom stereocenters. The van der Waals surface area contributed by atoms with E-state index in [1.807, 2.05) is 55.3 Å². The second kappa shape index (κ2) is 7.34. The van der Waals surface area contributed by atoms with E-state index >= 15 is 0 Å². The Labute approximate surface area is 125 Å². The second-order valence-corrected chi connectivity index (χ2v) is 5.62. The van der Waals surface area contributed by atoms with Crippen molar-refractivity contribution in [2.24, 2.45) is 5.92 Å². The molecule has 0 aliphatic heterocycles. The molecule has 0 aromatic heterocycles. The molecule has 0 bridgehead atoms. The van der Waals surface area contributed by atoms with Crippen LogP contribution < -0.4 is 0 Å². The lowest BCUT2D eigenvalue weighted by Gasteiger charge is -2.25. The summed E-state index contributed by atoms with van der Waals surface area (Å²) in [6.45, 7) is 3.25. The van der Waals surface area contributed by atoms with E-state index in [9.17, 15) is 9.50 Å². The maximum Gasteiger partial charge on any atom is 0.127 e. The van der Waals surface area contributed by atoms with Crippen LogP contribution in [0.5, 0.6) is 0 Å². The smallest absolute Gasteiger partial charge is 0.127 e. The number of benzene rings is 2. The number of halogens is 1. The molecule has 2 aromatic carbocycles. The van der Waals surface area contributed by atoms with Crippen LogP contribution in [0.1, 0.15) is 24.2 Å². The molecule has 3 heteroatoms. The number of hydrogen-bond donors (Lipinski definition) is 1. The molecule has 2 nitrogen and oxygen atoms in total. The molecular weight excluding hydrogens is 265 g/mol. The average molecular weight is 287 g/mol. The molecule has 21 heavy (non-hydrogen) atoms. The molecule has 0 heterocycles. The van der Waals surface area contributed by atoms with E-state index in [4.69, 9.17) is 0 Å². The molecule has 0 amide bonds. The van der Waals surface area contributed by atoms with Crippen molar-refractivity contribution < 1.29 is 9.50 Å². The van der Waals surface area contributed by atoms with Crippen LogP contribution in [-0.4, -0.2) is 23.6 Å². The van der Waals surface area contributed by atoms with Crippen molar-refractivity contribution >= 4 is 0 Å². The largest absolute Gasteiger partial charge is 0.388 e. The molecule has 0 aliphatic rings. The van der Waals surface area contributed by atoms with Crippen LogP contribution >= 0.6 is 0 Å². The van der Waals surface area contributed by atoms with Crippen LogP contribution in [0, 0.1) is 11.7 Å². The van der Waals surface area contributed by atoms with Crippen LogP contribution in [-0.2, 0) is 6.54 Å². The van der Waals surface area contributed by atoms with Gasteiger partial charge in [-0.25, -0.2) is 4.39 Å². The Balaban J connectivity index is 1.93. The molecular formula is C18H22FNO. The Kier molecular flexibility index (Phi) is 5.48. The van der Waals surface area contributed by atoms with Crippen LogP contribution in [0.4, 0.5) is 4.39 Å². The van der Waals surface area contributed by atoms with Gasteiger partial charge in [-0.15, -0.1) is 0 Å². The normalized spacial score (nSPS) is 14.1. The predicted octanol–water partition coefficient (Wildman–Crippen LogP) is 3.63. The molecule has 1 N–H and O–H groups in total. The number of aliphatic hydroxyl groups is 1. The van der Waals surface area contributed by atoms with Crippen LogP contribution in [0.25, 0.3) is 0 Å². The Morgan fingerprint density at radius 3 is 2.33 bits per heavy atom. The molecule has 2 atom stereocenters. The molecule has 0 fully saturated rings. The zero-order valence-electron chi connectivity index (χ0n) is 12.5. The Bertz CT molecular complexity index is 558. The van der Waals surface area contributed by atoms with Crippen molar-refractivity contribution in [2.75, 3.05) is 13.6 Å². The Morgan fingerprint density at radius 2 is 1.67 bits per heavy atom. The van der Waals surface area contributed by atoms with Crippen molar-refractivity contribution in [3.63, 3.8) is 0 Å². The van der Waals surface area contributed by atoms with Crippen LogP contribution in [0.2, 0.25) is 0 Å². The fraction of sp³-hybridized carbons (Fsp3) is 0.333. The highest BCUT2D eigenvalue weighted by molar-refractivity contribution is 5.18. The fourth-order valence-electron chi connectivity index (χ4n) is 2.55. The minimum atomic E-state index is -0.505. The summed E-state index contributed by atoms with van der Waals surface area (Å²) in [5, 5.41) is 10.4. The first-order valence-corrected chi connectivity index (χ1v) is 7.23. The minimum absolute atomic E-state index is 0.0733. The van der Waals surface area contributed by atoms with Crippen molar-refractivity contribution in [3.8, 4) is 0 Å². The predicted molar refractivity (Wildman–Crippen MR) is 83.3 cm³/mol. The van der Waals surface area contributed by atoms with Gasteiger partial charge in [0.15, 0.2) is 0 Å². The lowest BCUT2D eigenvalue weighted by Crippen LogP contribution is -2.27. The molecule has 0 spiro atoms. The van der Waals surface area contributed by atoms with Gasteiger partial charge in [0.05, 0.1) is 6.10 Å². The standard InChI is InChI=1S/C18H22FNO/c1-14(18(21)15-8-4-3-5-9-15)12-20(2)13-16-10-6-7-11-17(16)19/h3-11,14,18,21H,12-13H2,1-2H3. The van der Waals surface area contributed by atoms with E-state index < -0.39 is 6.10 Å². The molecule has 2 rings (SSSR count). The summed E-state index contributed by atoms with van der Waals surface area (Å²) in [7, 11) is 1.95. The molecule has 112 valence electrons. The average Bonchev–Trinajstić information content (AvgIpc) is 2.49. The Hall–Kier alpha value is -1.71. The first kappa shape index (κ1) is 15.7. The van der Waals surface area contributed by atoms with Gasteiger partial charge < -0.3 is 10.0 Å². The van der Waals surface area contributed by atoms with Gasteiger partial charge in [-0.05, 0) is 24.6 Å². The Morgan fingerprint density at radius 1 is 1.05 bits per heavy atom. The van der Waals surface area contributed by atoms with Gasteiger partial charge in [0, 0.05) is 18.7 Å². The SMILES string of the molecule is CC(CN(C)Cc1ccccc1F)C(O)c1ccccc1. The van der Waals surface area contributed by atoms with E-state index in [2.05, 4.69) is 0 Å². The van der Waals surface area contributed by atoms with Gasteiger partial charge in [0.1, 0.15) is 5.82 Å². The molecule has 0 saturated heterocycles. The number of rotatable bonds is 6. The molecule has 0 aliphatic carbocycles. The van der Waals surface area contributed by atoms with Crippen LogP contribution in [0.3, 0.4) is 0 Å². The summed E-state index contributed by atoms with van der Waals surface area (Å²) >= 11 is 0. The van der Waals surface area contributed by atoms with E-state index in [1.54, 1.807) is 12.1 Å². The molecule has 2 aromatic rings. The lowest BCUT2D eigenvalue weighted by atomic mass is 9.97. The highest BCUT2D eigenvalue weighted by atomic mass is 19.1. The van der Waals surface area contributed by atoms with Crippen molar-refractivity contribution in [1.82, 2.24) is 4.90 Å². The topological polar surface area (TPSA) is 23.5 Å². The van der Waals surface area contributed by atoms with Crippen molar-refractivity contribution in [1.29, 1.82) is 0 Å². The lowest BCUT2D eigenvalue weighted by molar-refractivity contribution is 0.0931. The second-order valence-electron chi connectivity index (χ2n) is 5.62. The van der Waals surface area contributed by atoms with Gasteiger partial charge in [0.2, 0.25) is 0 Å². The first-order chi connectivity index (χ1) is 10.1. The third kappa shape index (κ3) is 4.38. The minimum Gasteiger partial charge on any atom is -0.388 e. The third-order valence-electron chi connectivity index (χ3n) is 3.68. The summed E-state index contributed by atoms with van der Waals surface area (Å²) in [6, 6.07) is 16.5.